The Morgan fingerprint density at radius 2 is 1.64 bits per heavy atom. The van der Waals surface area contributed by atoms with Crippen LogP contribution in [0.2, 0.25) is 0 Å². The van der Waals surface area contributed by atoms with Crippen LogP contribution in [0.5, 0.6) is 0 Å². The van der Waals surface area contributed by atoms with E-state index in [1.54, 1.807) is 0 Å². The molecule has 1 rings (SSSR count). The number of rotatable bonds is 11. The zero-order valence-electron chi connectivity index (χ0n) is 12.3. The van der Waals surface area contributed by atoms with E-state index in [9.17, 15) is 19.2 Å². The van der Waals surface area contributed by atoms with Crippen molar-refractivity contribution in [1.29, 1.82) is 0 Å². The Labute approximate surface area is 128 Å². The van der Waals surface area contributed by atoms with Gasteiger partial charge in [-0.05, 0) is 0 Å². The summed E-state index contributed by atoms with van der Waals surface area (Å²) < 4.78 is 10.4. The van der Waals surface area contributed by atoms with Crippen molar-refractivity contribution in [2.24, 2.45) is 5.73 Å². The molecule has 0 aliphatic carbocycles. The van der Waals surface area contributed by atoms with E-state index in [0.29, 0.717) is 13.2 Å². The van der Waals surface area contributed by atoms with Crippen LogP contribution in [0.25, 0.3) is 0 Å². The molecule has 0 saturated carbocycles. The molecule has 0 spiro atoms. The normalized spacial score (nSPS) is 14.5. The Morgan fingerprint density at radius 3 is 2.23 bits per heavy atom. The second-order valence-corrected chi connectivity index (χ2v) is 4.66. The molecule has 0 radical (unpaired) electrons. The molecule has 9 nitrogen and oxygen atoms in total. The largest absolute Gasteiger partial charge is 0.379 e. The summed E-state index contributed by atoms with van der Waals surface area (Å²) in [5.74, 6) is -1.23. The van der Waals surface area contributed by atoms with Crippen molar-refractivity contribution in [3.8, 4) is 0 Å². The molecule has 22 heavy (non-hydrogen) atoms. The van der Waals surface area contributed by atoms with Crippen LogP contribution in [0.15, 0.2) is 0 Å². The van der Waals surface area contributed by atoms with Gasteiger partial charge in [-0.15, -0.1) is 0 Å². The second-order valence-electron chi connectivity index (χ2n) is 4.66. The number of primary amides is 1. The number of carbonyl (C=O) groups is 4. The lowest BCUT2D eigenvalue weighted by molar-refractivity contribution is -0.139. The first-order valence-electron chi connectivity index (χ1n) is 7.04. The summed E-state index contributed by atoms with van der Waals surface area (Å²) in [5, 5.41) is 2.34. The lowest BCUT2D eigenvalue weighted by Crippen LogP contribution is -2.33. The first-order chi connectivity index (χ1) is 10.5. The van der Waals surface area contributed by atoms with Gasteiger partial charge in [-0.1, -0.05) is 0 Å². The van der Waals surface area contributed by atoms with E-state index in [1.807, 2.05) is 0 Å². The zero-order chi connectivity index (χ0) is 16.4. The molecule has 3 N–H and O–H groups in total. The smallest absolute Gasteiger partial charge is 0.236 e. The molecule has 1 aliphatic heterocycles. The van der Waals surface area contributed by atoms with E-state index in [4.69, 9.17) is 15.2 Å². The first kappa shape index (κ1) is 18.1. The monoisotopic (exact) mass is 315 g/mol. The number of amides is 4. The lowest BCUT2D eigenvalue weighted by atomic mass is 10.4. The van der Waals surface area contributed by atoms with Crippen LogP contribution in [0, 0.1) is 0 Å². The van der Waals surface area contributed by atoms with Crippen LogP contribution in [-0.4, -0.2) is 68.0 Å². The van der Waals surface area contributed by atoms with Gasteiger partial charge in [-0.2, -0.15) is 0 Å². The summed E-state index contributed by atoms with van der Waals surface area (Å²) in [5.41, 5.74) is 4.88. The van der Waals surface area contributed by atoms with Crippen LogP contribution in [0.1, 0.15) is 19.3 Å². The Kier molecular flexibility index (Phi) is 8.08. The Bertz CT molecular complexity index is 410. The molecule has 4 amide bonds. The highest BCUT2D eigenvalue weighted by molar-refractivity contribution is 6.01. The molecule has 0 aromatic rings. The summed E-state index contributed by atoms with van der Waals surface area (Å²) in [7, 11) is 0. The van der Waals surface area contributed by atoms with Crippen molar-refractivity contribution in [3.05, 3.63) is 0 Å². The summed E-state index contributed by atoms with van der Waals surface area (Å²) in [6, 6.07) is 0. The van der Waals surface area contributed by atoms with Crippen LogP contribution in [-0.2, 0) is 28.7 Å². The van der Waals surface area contributed by atoms with E-state index in [2.05, 4.69) is 5.32 Å². The fraction of sp³-hybridized carbons (Fsp3) is 0.692. The quantitative estimate of drug-likeness (QED) is 0.340. The van der Waals surface area contributed by atoms with Gasteiger partial charge in [0.2, 0.25) is 23.6 Å². The minimum atomic E-state index is -0.599. The topological polar surface area (TPSA) is 128 Å². The van der Waals surface area contributed by atoms with Crippen LogP contribution >= 0.6 is 0 Å². The number of likely N-dealkylation sites (tertiary alicyclic amines) is 1. The van der Waals surface area contributed by atoms with E-state index < -0.39 is 5.91 Å². The molecule has 9 heteroatoms. The van der Waals surface area contributed by atoms with E-state index in [1.165, 1.54) is 4.90 Å². The zero-order valence-corrected chi connectivity index (χ0v) is 12.3. The minimum absolute atomic E-state index is 0.129. The van der Waals surface area contributed by atoms with Crippen LogP contribution in [0.3, 0.4) is 0 Å². The highest BCUT2D eigenvalue weighted by atomic mass is 16.5. The molecule has 0 unspecified atom stereocenters. The van der Waals surface area contributed by atoms with Gasteiger partial charge in [0.25, 0.3) is 0 Å². The van der Waals surface area contributed by atoms with Gasteiger partial charge in [-0.3, -0.25) is 24.1 Å². The maximum absolute atomic E-state index is 11.3. The molecule has 0 aromatic carbocycles. The van der Waals surface area contributed by atoms with Gasteiger partial charge >= 0.3 is 0 Å². The Morgan fingerprint density at radius 1 is 1.05 bits per heavy atom. The van der Waals surface area contributed by atoms with Crippen molar-refractivity contribution in [2.45, 2.75) is 19.3 Å². The molecule has 1 heterocycles. The number of imide groups is 1. The molecule has 1 aliphatic rings. The maximum atomic E-state index is 11.3. The number of nitrogens with two attached hydrogens (primary N) is 1. The minimum Gasteiger partial charge on any atom is -0.379 e. The molecule has 1 saturated heterocycles. The molecular formula is C13H21N3O6. The molecule has 0 aromatic heterocycles. The average molecular weight is 315 g/mol. The highest BCUT2D eigenvalue weighted by Gasteiger charge is 2.27. The summed E-state index contributed by atoms with van der Waals surface area (Å²) >= 11 is 0. The van der Waals surface area contributed by atoms with E-state index in [-0.39, 0.29) is 63.3 Å². The van der Waals surface area contributed by atoms with Gasteiger partial charge in [0.15, 0.2) is 0 Å². The van der Waals surface area contributed by atoms with E-state index >= 15 is 0 Å². The fourth-order valence-electron chi connectivity index (χ4n) is 1.79. The lowest BCUT2D eigenvalue weighted by Gasteiger charge is -2.13. The maximum Gasteiger partial charge on any atom is 0.236 e. The number of nitrogens with zero attached hydrogens (tertiary/aromatic N) is 1. The van der Waals surface area contributed by atoms with Gasteiger partial charge in [0, 0.05) is 19.3 Å². The predicted octanol–water partition coefficient (Wildman–Crippen LogP) is -1.84. The van der Waals surface area contributed by atoms with Crippen molar-refractivity contribution < 1.29 is 28.7 Å². The highest BCUT2D eigenvalue weighted by Crippen LogP contribution is 2.10. The summed E-state index contributed by atoms with van der Waals surface area (Å²) in [6.07, 6.45) is 0.684. The standard InChI is InChI=1S/C13H21N3O6/c14-10(17)9-15-11(18)3-5-21-7-8-22-6-4-16-12(19)1-2-13(16)20/h1-9H2,(H2,14,17)(H,15,18). The fourth-order valence-corrected chi connectivity index (χ4v) is 1.79. The molecule has 0 atom stereocenters. The molecule has 0 bridgehead atoms. The third kappa shape index (κ3) is 7.14. The first-order valence-corrected chi connectivity index (χ1v) is 7.04. The average Bonchev–Trinajstić information content (AvgIpc) is 2.79. The van der Waals surface area contributed by atoms with Crippen LogP contribution < -0.4 is 11.1 Å². The third-order valence-electron chi connectivity index (χ3n) is 2.92. The van der Waals surface area contributed by atoms with Crippen molar-refractivity contribution in [1.82, 2.24) is 10.2 Å². The number of hydrogen-bond acceptors (Lipinski definition) is 6. The third-order valence-corrected chi connectivity index (χ3v) is 2.92. The Balaban J connectivity index is 1.91. The van der Waals surface area contributed by atoms with E-state index in [0.717, 1.165) is 0 Å². The number of ether oxygens (including phenoxy) is 2. The van der Waals surface area contributed by atoms with Gasteiger partial charge in [0.1, 0.15) is 0 Å². The number of hydrogen-bond donors (Lipinski definition) is 2. The Hall–Kier alpha value is -2.00. The van der Waals surface area contributed by atoms with Gasteiger partial charge in [-0.25, -0.2) is 0 Å². The predicted molar refractivity (Wildman–Crippen MR) is 74.4 cm³/mol. The summed E-state index contributed by atoms with van der Waals surface area (Å²) in [4.78, 5) is 45.4. The molecule has 124 valence electrons. The van der Waals surface area contributed by atoms with Gasteiger partial charge < -0.3 is 20.5 Å². The van der Waals surface area contributed by atoms with Crippen molar-refractivity contribution in [2.75, 3.05) is 39.5 Å². The number of carbonyl (C=O) groups excluding carboxylic acids is 4. The number of nitrogens with one attached hydrogen (secondary N) is 1. The van der Waals surface area contributed by atoms with Crippen molar-refractivity contribution >= 4 is 23.6 Å². The second kappa shape index (κ2) is 9.85. The molecule has 1 fully saturated rings. The summed E-state index contributed by atoms with van der Waals surface area (Å²) in [6.45, 7) is 1.14. The SMILES string of the molecule is NC(=O)CNC(=O)CCOCCOCCN1C(=O)CCC1=O. The molecular weight excluding hydrogens is 294 g/mol. The van der Waals surface area contributed by atoms with Gasteiger partial charge in [0.05, 0.1) is 39.5 Å². The van der Waals surface area contributed by atoms with Crippen LogP contribution in [0.4, 0.5) is 0 Å². The van der Waals surface area contributed by atoms with Crippen molar-refractivity contribution in [3.63, 3.8) is 0 Å².